The SMILES string of the molecule is CC(C)(C)c1ccc(CCB2OC(C)(C)C(C)(C)O2)cc1. The van der Waals surface area contributed by atoms with Crippen LogP contribution >= 0.6 is 0 Å². The van der Waals surface area contributed by atoms with Crippen molar-refractivity contribution in [3.8, 4) is 0 Å². The second kappa shape index (κ2) is 5.44. The van der Waals surface area contributed by atoms with Gasteiger partial charge in [-0.1, -0.05) is 45.0 Å². The molecular weight excluding hydrogens is 259 g/mol. The average Bonchev–Trinajstić information content (AvgIpc) is 2.55. The standard InChI is InChI=1S/C18H29BO2/c1-16(2,3)15-10-8-14(9-11-15)12-13-19-20-17(4,5)18(6,7)21-19/h8-11H,12-13H2,1-7H3. The molecule has 1 aliphatic rings. The Morgan fingerprint density at radius 2 is 1.38 bits per heavy atom. The molecule has 1 aliphatic heterocycles. The zero-order valence-corrected chi connectivity index (χ0v) is 14.6. The highest BCUT2D eigenvalue weighted by molar-refractivity contribution is 6.45. The fourth-order valence-corrected chi connectivity index (χ4v) is 2.54. The molecule has 21 heavy (non-hydrogen) atoms. The second-order valence-electron chi connectivity index (χ2n) is 8.17. The molecule has 0 atom stereocenters. The third-order valence-electron chi connectivity index (χ3n) is 4.79. The summed E-state index contributed by atoms with van der Waals surface area (Å²) in [6, 6.07) is 8.93. The Kier molecular flexibility index (Phi) is 4.29. The summed E-state index contributed by atoms with van der Waals surface area (Å²) < 4.78 is 12.1. The minimum atomic E-state index is -0.228. The number of hydrogen-bond donors (Lipinski definition) is 0. The predicted octanol–water partition coefficient (Wildman–Crippen LogP) is 4.62. The van der Waals surface area contributed by atoms with Crippen LogP contribution in [0.25, 0.3) is 0 Å². The topological polar surface area (TPSA) is 18.5 Å². The second-order valence-corrected chi connectivity index (χ2v) is 8.17. The van der Waals surface area contributed by atoms with Crippen molar-refractivity contribution in [3.05, 3.63) is 35.4 Å². The molecule has 2 nitrogen and oxygen atoms in total. The predicted molar refractivity (Wildman–Crippen MR) is 89.7 cm³/mol. The molecule has 1 heterocycles. The highest BCUT2D eigenvalue weighted by Crippen LogP contribution is 2.38. The lowest BCUT2D eigenvalue weighted by Crippen LogP contribution is -2.41. The van der Waals surface area contributed by atoms with Gasteiger partial charge in [-0.05, 0) is 57.0 Å². The molecule has 1 aromatic carbocycles. The Labute approximate surface area is 130 Å². The molecule has 1 fully saturated rings. The number of aryl methyl sites for hydroxylation is 1. The molecule has 0 amide bonds. The summed E-state index contributed by atoms with van der Waals surface area (Å²) in [5.41, 5.74) is 2.48. The van der Waals surface area contributed by atoms with Crippen LogP contribution in [0.2, 0.25) is 6.32 Å². The van der Waals surface area contributed by atoms with Crippen LogP contribution in [0.5, 0.6) is 0 Å². The lowest BCUT2D eigenvalue weighted by atomic mass is 9.80. The first-order chi connectivity index (χ1) is 9.51. The molecular formula is C18H29BO2. The zero-order chi connectivity index (χ0) is 15.9. The summed E-state index contributed by atoms with van der Waals surface area (Å²) in [6.07, 6.45) is 1.89. The summed E-state index contributed by atoms with van der Waals surface area (Å²) >= 11 is 0. The average molecular weight is 288 g/mol. The van der Waals surface area contributed by atoms with Gasteiger partial charge >= 0.3 is 7.12 Å². The van der Waals surface area contributed by atoms with Crippen molar-refractivity contribution < 1.29 is 9.31 Å². The van der Waals surface area contributed by atoms with E-state index in [2.05, 4.69) is 72.7 Å². The van der Waals surface area contributed by atoms with E-state index in [1.165, 1.54) is 11.1 Å². The van der Waals surface area contributed by atoms with Crippen LogP contribution in [0.4, 0.5) is 0 Å². The summed E-state index contributed by atoms with van der Waals surface area (Å²) in [7, 11) is -0.0997. The van der Waals surface area contributed by atoms with Gasteiger partial charge in [0.2, 0.25) is 0 Å². The highest BCUT2D eigenvalue weighted by atomic mass is 16.7. The molecule has 0 radical (unpaired) electrons. The van der Waals surface area contributed by atoms with Crippen molar-refractivity contribution in [3.63, 3.8) is 0 Å². The van der Waals surface area contributed by atoms with Crippen LogP contribution in [0.1, 0.15) is 59.6 Å². The van der Waals surface area contributed by atoms with Crippen molar-refractivity contribution in [1.82, 2.24) is 0 Å². The molecule has 3 heteroatoms. The molecule has 0 spiro atoms. The van der Waals surface area contributed by atoms with Crippen LogP contribution in [0, 0.1) is 0 Å². The van der Waals surface area contributed by atoms with Gasteiger partial charge in [-0.15, -0.1) is 0 Å². The van der Waals surface area contributed by atoms with E-state index in [9.17, 15) is 0 Å². The monoisotopic (exact) mass is 288 g/mol. The van der Waals surface area contributed by atoms with Crippen LogP contribution in [0.15, 0.2) is 24.3 Å². The van der Waals surface area contributed by atoms with Gasteiger partial charge in [-0.2, -0.15) is 0 Å². The Morgan fingerprint density at radius 1 is 0.905 bits per heavy atom. The van der Waals surface area contributed by atoms with Crippen molar-refractivity contribution in [1.29, 1.82) is 0 Å². The van der Waals surface area contributed by atoms with E-state index in [0.29, 0.717) is 0 Å². The molecule has 0 N–H and O–H groups in total. The van der Waals surface area contributed by atoms with Gasteiger partial charge in [-0.3, -0.25) is 0 Å². The molecule has 0 saturated carbocycles. The summed E-state index contributed by atoms with van der Waals surface area (Å²) in [6.45, 7) is 15.1. The normalized spacial score (nSPS) is 20.8. The van der Waals surface area contributed by atoms with Crippen molar-refractivity contribution in [2.45, 2.75) is 77.8 Å². The minimum Gasteiger partial charge on any atom is -0.403 e. The first-order valence-electron chi connectivity index (χ1n) is 7.96. The maximum absolute atomic E-state index is 6.04. The summed E-state index contributed by atoms with van der Waals surface area (Å²) in [5, 5.41) is 0. The van der Waals surface area contributed by atoms with E-state index in [-0.39, 0.29) is 23.7 Å². The number of hydrogen-bond acceptors (Lipinski definition) is 2. The Balaban J connectivity index is 1.93. The van der Waals surface area contributed by atoms with E-state index in [4.69, 9.17) is 9.31 Å². The smallest absolute Gasteiger partial charge is 0.403 e. The quantitative estimate of drug-likeness (QED) is 0.756. The zero-order valence-electron chi connectivity index (χ0n) is 14.6. The van der Waals surface area contributed by atoms with Gasteiger partial charge < -0.3 is 9.31 Å². The van der Waals surface area contributed by atoms with Gasteiger partial charge in [0, 0.05) is 0 Å². The lowest BCUT2D eigenvalue weighted by molar-refractivity contribution is 0.00578. The molecule has 116 valence electrons. The molecule has 0 unspecified atom stereocenters. The van der Waals surface area contributed by atoms with E-state index in [1.807, 2.05) is 0 Å². The van der Waals surface area contributed by atoms with Crippen LogP contribution < -0.4 is 0 Å². The van der Waals surface area contributed by atoms with Crippen molar-refractivity contribution in [2.24, 2.45) is 0 Å². The fourth-order valence-electron chi connectivity index (χ4n) is 2.54. The lowest BCUT2D eigenvalue weighted by Gasteiger charge is -2.32. The molecule has 1 saturated heterocycles. The summed E-state index contributed by atoms with van der Waals surface area (Å²) in [5.74, 6) is 0. The molecule has 1 aromatic rings. The van der Waals surface area contributed by atoms with Gasteiger partial charge in [0.05, 0.1) is 11.2 Å². The molecule has 0 bridgehead atoms. The molecule has 2 rings (SSSR count). The van der Waals surface area contributed by atoms with Crippen LogP contribution in [-0.2, 0) is 21.1 Å². The first-order valence-corrected chi connectivity index (χ1v) is 7.96. The number of rotatable bonds is 3. The van der Waals surface area contributed by atoms with E-state index < -0.39 is 0 Å². The van der Waals surface area contributed by atoms with E-state index in [1.54, 1.807) is 0 Å². The third-order valence-corrected chi connectivity index (χ3v) is 4.79. The third kappa shape index (κ3) is 3.70. The Morgan fingerprint density at radius 3 is 1.81 bits per heavy atom. The van der Waals surface area contributed by atoms with Gasteiger partial charge in [-0.25, -0.2) is 0 Å². The first kappa shape index (κ1) is 16.6. The van der Waals surface area contributed by atoms with Gasteiger partial charge in [0.1, 0.15) is 0 Å². The largest absolute Gasteiger partial charge is 0.458 e. The van der Waals surface area contributed by atoms with Crippen molar-refractivity contribution in [2.75, 3.05) is 0 Å². The fraction of sp³-hybridized carbons (Fsp3) is 0.667. The van der Waals surface area contributed by atoms with Crippen molar-refractivity contribution >= 4 is 7.12 Å². The Bertz CT molecular complexity index is 467. The molecule has 0 aliphatic carbocycles. The Hall–Kier alpha value is -0.795. The van der Waals surface area contributed by atoms with Crippen LogP contribution in [-0.4, -0.2) is 18.3 Å². The van der Waals surface area contributed by atoms with Gasteiger partial charge in [0.25, 0.3) is 0 Å². The maximum Gasteiger partial charge on any atom is 0.458 e. The van der Waals surface area contributed by atoms with Crippen LogP contribution in [0.3, 0.4) is 0 Å². The maximum atomic E-state index is 6.04. The highest BCUT2D eigenvalue weighted by Gasteiger charge is 2.50. The van der Waals surface area contributed by atoms with E-state index >= 15 is 0 Å². The van der Waals surface area contributed by atoms with Gasteiger partial charge in [0.15, 0.2) is 0 Å². The summed E-state index contributed by atoms with van der Waals surface area (Å²) in [4.78, 5) is 0. The minimum absolute atomic E-state index is 0.0997. The molecule has 0 aromatic heterocycles. The van der Waals surface area contributed by atoms with E-state index in [0.717, 1.165) is 12.7 Å². The number of benzene rings is 1.